The van der Waals surface area contributed by atoms with Gasteiger partial charge in [0.15, 0.2) is 0 Å². The van der Waals surface area contributed by atoms with Gasteiger partial charge in [-0.15, -0.1) is 0 Å². The van der Waals surface area contributed by atoms with E-state index in [1.807, 2.05) is 31.2 Å². The van der Waals surface area contributed by atoms with Crippen LogP contribution in [0.5, 0.6) is 0 Å². The minimum absolute atomic E-state index is 0.199. The Balaban J connectivity index is 1.69. The lowest BCUT2D eigenvalue weighted by Gasteiger charge is -2.35. The average molecular weight is 618 g/mol. The SMILES string of the molecule is C=NN(/C=C\C)CCC1NC(=O)C(C)(C)/C=C/c2cc3cc(ccc3cn2)[C@@H](C)OC(=O)C2CCCN(N2)C(=O)C(C)NC1=O. The molecule has 12 nitrogen and oxygen atoms in total. The number of ether oxygens (including phenoxy) is 1. The molecule has 0 aliphatic carbocycles. The molecule has 2 aromatic rings. The molecule has 3 amide bonds. The highest BCUT2D eigenvalue weighted by Gasteiger charge is 2.34. The van der Waals surface area contributed by atoms with Gasteiger partial charge in [0.05, 0.1) is 11.1 Å². The summed E-state index contributed by atoms with van der Waals surface area (Å²) in [7, 11) is 0. The summed E-state index contributed by atoms with van der Waals surface area (Å²) < 4.78 is 5.82. The third-order valence-electron chi connectivity index (χ3n) is 8.02. The summed E-state index contributed by atoms with van der Waals surface area (Å²) in [6, 6.07) is 5.05. The van der Waals surface area contributed by atoms with Crippen molar-refractivity contribution in [2.75, 3.05) is 13.1 Å². The topological polar surface area (TPSA) is 145 Å². The maximum absolute atomic E-state index is 13.6. The average Bonchev–Trinajstić information content (AvgIpc) is 3.03. The predicted octanol–water partition coefficient (Wildman–Crippen LogP) is 3.22. The molecule has 0 radical (unpaired) electrons. The van der Waals surface area contributed by atoms with E-state index >= 15 is 0 Å². The molecule has 3 unspecified atom stereocenters. The number of esters is 1. The van der Waals surface area contributed by atoms with Gasteiger partial charge >= 0.3 is 5.97 Å². The molecule has 5 bridgehead atoms. The number of hydrazone groups is 1. The van der Waals surface area contributed by atoms with E-state index in [1.54, 1.807) is 63.3 Å². The molecule has 3 heterocycles. The first-order valence-electron chi connectivity index (χ1n) is 15.3. The van der Waals surface area contributed by atoms with Crippen LogP contribution in [0.15, 0.2) is 53.9 Å². The Hall–Kier alpha value is -4.58. The number of aromatic nitrogens is 1. The first-order chi connectivity index (χ1) is 21.4. The van der Waals surface area contributed by atoms with Crippen LogP contribution < -0.4 is 16.1 Å². The number of rotatable bonds is 5. The van der Waals surface area contributed by atoms with Crippen molar-refractivity contribution in [3.63, 3.8) is 0 Å². The lowest BCUT2D eigenvalue weighted by atomic mass is 9.90. The highest BCUT2D eigenvalue weighted by molar-refractivity contribution is 5.94. The quantitative estimate of drug-likeness (QED) is 0.264. The molecule has 0 spiro atoms. The van der Waals surface area contributed by atoms with Crippen molar-refractivity contribution in [1.82, 2.24) is 31.1 Å². The zero-order chi connectivity index (χ0) is 32.7. The van der Waals surface area contributed by atoms with Crippen molar-refractivity contribution < 1.29 is 23.9 Å². The summed E-state index contributed by atoms with van der Waals surface area (Å²) in [6.07, 6.45) is 9.50. The van der Waals surface area contributed by atoms with Gasteiger partial charge in [-0.1, -0.05) is 24.3 Å². The summed E-state index contributed by atoms with van der Waals surface area (Å²) >= 11 is 0. The van der Waals surface area contributed by atoms with Crippen molar-refractivity contribution >= 4 is 47.3 Å². The molecule has 1 saturated heterocycles. The van der Waals surface area contributed by atoms with Gasteiger partial charge in [0.25, 0.3) is 5.91 Å². The van der Waals surface area contributed by atoms with Crippen molar-refractivity contribution in [1.29, 1.82) is 0 Å². The van der Waals surface area contributed by atoms with E-state index in [1.165, 1.54) is 5.01 Å². The molecular weight excluding hydrogens is 574 g/mol. The Bertz CT molecular complexity index is 1500. The highest BCUT2D eigenvalue weighted by atomic mass is 16.5. The number of hydrogen-bond donors (Lipinski definition) is 3. The van der Waals surface area contributed by atoms with Crippen molar-refractivity contribution in [2.45, 2.75) is 78.1 Å². The first-order valence-corrected chi connectivity index (χ1v) is 15.3. The van der Waals surface area contributed by atoms with Crippen LogP contribution in [0.1, 0.15) is 71.2 Å². The number of nitrogens with one attached hydrogen (secondary N) is 3. The van der Waals surface area contributed by atoms with Crippen LogP contribution in [0.2, 0.25) is 0 Å². The third-order valence-corrected chi connectivity index (χ3v) is 8.02. The standard InChI is InChI=1S/C33H43N7O5/c1-7-15-39(34-6)17-13-27-29(41)36-21(2)30(42)40-16-8-9-28(38-40)31(43)45-22(3)23-10-11-24-20-35-26(19-25(24)18-23)12-14-33(4,5)32(44)37-27/h7,10-12,14-15,18-22,27-28,38H,6,8-9,13,16-17H2,1-5H3,(H,36,41)(H,37,44)/b14-12+,15-7-/t21?,22-,27?,28?/m1/s1. The van der Waals surface area contributed by atoms with Gasteiger partial charge in [-0.2, -0.15) is 5.10 Å². The van der Waals surface area contributed by atoms with E-state index in [2.05, 4.69) is 32.9 Å². The van der Waals surface area contributed by atoms with Crippen LogP contribution in [-0.2, 0) is 23.9 Å². The van der Waals surface area contributed by atoms with E-state index in [9.17, 15) is 19.2 Å². The summed E-state index contributed by atoms with van der Waals surface area (Å²) in [5.41, 5.74) is 3.44. The third kappa shape index (κ3) is 8.33. The summed E-state index contributed by atoms with van der Waals surface area (Å²) in [4.78, 5) is 58.2. The summed E-state index contributed by atoms with van der Waals surface area (Å²) in [5.74, 6) is -1.77. The van der Waals surface area contributed by atoms with Crippen LogP contribution >= 0.6 is 0 Å². The van der Waals surface area contributed by atoms with Gasteiger partial charge in [0.2, 0.25) is 11.8 Å². The van der Waals surface area contributed by atoms with Gasteiger partial charge in [-0.05, 0) is 83.0 Å². The molecule has 2 aliphatic rings. The molecule has 1 aromatic heterocycles. The maximum Gasteiger partial charge on any atom is 0.325 e. The van der Waals surface area contributed by atoms with Gasteiger partial charge in [-0.25, -0.2) is 5.43 Å². The molecule has 45 heavy (non-hydrogen) atoms. The fourth-order valence-electron chi connectivity index (χ4n) is 5.18. The first kappa shape index (κ1) is 33.3. The lowest BCUT2D eigenvalue weighted by Crippen LogP contribution is -2.60. The number of amides is 3. The molecule has 4 atom stereocenters. The van der Waals surface area contributed by atoms with E-state index in [-0.39, 0.29) is 12.3 Å². The van der Waals surface area contributed by atoms with E-state index in [0.717, 1.165) is 16.3 Å². The fraction of sp³-hybridized carbons (Fsp3) is 0.455. The molecule has 0 saturated carbocycles. The van der Waals surface area contributed by atoms with Crippen LogP contribution in [0.25, 0.3) is 16.8 Å². The normalized spacial score (nSPS) is 25.4. The van der Waals surface area contributed by atoms with E-state index in [4.69, 9.17) is 4.74 Å². The lowest BCUT2D eigenvalue weighted by molar-refractivity contribution is -0.157. The second-order valence-electron chi connectivity index (χ2n) is 12.0. The predicted molar refractivity (Wildman–Crippen MR) is 172 cm³/mol. The molecule has 4 rings (SSSR count). The number of allylic oxidation sites excluding steroid dienone is 1. The Kier molecular flexibility index (Phi) is 10.7. The monoisotopic (exact) mass is 617 g/mol. The molecule has 3 N–H and O–H groups in total. The number of cyclic esters (lactones) is 1. The number of hydrogen-bond acceptors (Lipinski definition) is 9. The largest absolute Gasteiger partial charge is 0.457 e. The number of nitrogens with zero attached hydrogens (tertiary/aromatic N) is 4. The molecule has 1 aromatic carbocycles. The van der Waals surface area contributed by atoms with Gasteiger partial charge in [0, 0.05) is 37.6 Å². The second-order valence-corrected chi connectivity index (χ2v) is 12.0. The number of carbonyl (C=O) groups is 4. The second kappa shape index (κ2) is 14.5. The van der Waals surface area contributed by atoms with Crippen LogP contribution in [0, 0.1) is 5.41 Å². The van der Waals surface area contributed by atoms with E-state index < -0.39 is 47.4 Å². The van der Waals surface area contributed by atoms with Gasteiger partial charge < -0.3 is 15.4 Å². The highest BCUT2D eigenvalue weighted by Crippen LogP contribution is 2.26. The molecule has 240 valence electrons. The zero-order valence-corrected chi connectivity index (χ0v) is 26.6. The van der Waals surface area contributed by atoms with Crippen molar-refractivity contribution in [2.24, 2.45) is 10.5 Å². The zero-order valence-electron chi connectivity index (χ0n) is 26.6. The molecular formula is C33H43N7O5. The molecule has 2 aliphatic heterocycles. The minimum Gasteiger partial charge on any atom is -0.457 e. The summed E-state index contributed by atoms with van der Waals surface area (Å²) in [6.45, 7) is 12.9. The minimum atomic E-state index is -1.01. The number of pyridine rings is 1. The Labute approximate surface area is 263 Å². The Morgan fingerprint density at radius 1 is 1.16 bits per heavy atom. The maximum atomic E-state index is 13.6. The van der Waals surface area contributed by atoms with Crippen LogP contribution in [-0.4, -0.2) is 76.6 Å². The fourth-order valence-corrected chi connectivity index (χ4v) is 5.18. The van der Waals surface area contributed by atoms with E-state index in [0.29, 0.717) is 31.6 Å². The van der Waals surface area contributed by atoms with Gasteiger partial charge in [-0.3, -0.25) is 34.2 Å². The van der Waals surface area contributed by atoms with Crippen molar-refractivity contribution in [3.8, 4) is 0 Å². The summed E-state index contributed by atoms with van der Waals surface area (Å²) in [5, 5.41) is 14.3. The number of fused-ring (bicyclic) bond motifs is 4. The number of hydrazine groups is 1. The van der Waals surface area contributed by atoms with Crippen molar-refractivity contribution in [3.05, 3.63) is 60.1 Å². The smallest absolute Gasteiger partial charge is 0.325 e. The van der Waals surface area contributed by atoms with Crippen LogP contribution in [0.3, 0.4) is 0 Å². The van der Waals surface area contributed by atoms with Gasteiger partial charge in [0.1, 0.15) is 24.2 Å². The number of benzene rings is 1. The Morgan fingerprint density at radius 3 is 2.67 bits per heavy atom. The molecule has 1 fully saturated rings. The Morgan fingerprint density at radius 2 is 1.93 bits per heavy atom. The molecule has 12 heteroatoms. The van der Waals surface area contributed by atoms with Crippen LogP contribution in [0.4, 0.5) is 0 Å². The number of carbonyl (C=O) groups excluding carboxylic acids is 4.